The highest BCUT2D eigenvalue weighted by Gasteiger charge is 2.35. The van der Waals surface area contributed by atoms with Crippen LogP contribution in [0.4, 0.5) is 8.78 Å². The van der Waals surface area contributed by atoms with Crippen molar-refractivity contribution in [2.24, 2.45) is 0 Å². The molecule has 2 aromatic rings. The third kappa shape index (κ3) is 4.17. The highest BCUT2D eigenvalue weighted by molar-refractivity contribution is 6.21. The van der Waals surface area contributed by atoms with Crippen LogP contribution in [0, 0.1) is 0 Å². The lowest BCUT2D eigenvalue weighted by molar-refractivity contribution is 0.0552. The van der Waals surface area contributed by atoms with Gasteiger partial charge in [-0.15, -0.1) is 0 Å². The first-order chi connectivity index (χ1) is 14.4. The number of fused-ring (bicyclic) bond motifs is 1. The first kappa shape index (κ1) is 21.4. The van der Waals surface area contributed by atoms with E-state index < -0.39 is 30.7 Å². The van der Waals surface area contributed by atoms with Crippen LogP contribution in [-0.4, -0.2) is 54.1 Å². The summed E-state index contributed by atoms with van der Waals surface area (Å²) in [6, 6.07) is 11.2. The summed E-state index contributed by atoms with van der Waals surface area (Å²) in [5.41, 5.74) is 1.29. The maximum atomic E-state index is 12.9. The zero-order chi connectivity index (χ0) is 21.8. The molecule has 1 aliphatic rings. The van der Waals surface area contributed by atoms with Crippen molar-refractivity contribution in [2.75, 3.05) is 20.2 Å². The minimum absolute atomic E-state index is 0.0424. The lowest BCUT2D eigenvalue weighted by Gasteiger charge is -2.23. The lowest BCUT2D eigenvalue weighted by Crippen LogP contribution is -2.36. The first-order valence-corrected chi connectivity index (χ1v) is 9.56. The monoisotopic (exact) mass is 416 g/mol. The number of imide groups is 1. The number of alkyl halides is 2. The van der Waals surface area contributed by atoms with Crippen LogP contribution >= 0.6 is 0 Å². The summed E-state index contributed by atoms with van der Waals surface area (Å²) in [5, 5.41) is 0. The molecule has 1 aliphatic heterocycles. The number of benzene rings is 2. The average molecular weight is 416 g/mol. The van der Waals surface area contributed by atoms with Gasteiger partial charge in [0, 0.05) is 6.54 Å². The Morgan fingerprint density at radius 3 is 2.27 bits per heavy atom. The second-order valence-electron chi connectivity index (χ2n) is 6.92. The second-order valence-corrected chi connectivity index (χ2v) is 6.92. The van der Waals surface area contributed by atoms with E-state index in [9.17, 15) is 23.2 Å². The van der Waals surface area contributed by atoms with Gasteiger partial charge in [0.15, 0.2) is 0 Å². The molecule has 0 radical (unpaired) electrons. The second kappa shape index (κ2) is 9.02. The van der Waals surface area contributed by atoms with Crippen molar-refractivity contribution in [1.82, 2.24) is 9.80 Å². The van der Waals surface area contributed by atoms with Crippen molar-refractivity contribution in [3.63, 3.8) is 0 Å². The van der Waals surface area contributed by atoms with Gasteiger partial charge in [0.05, 0.1) is 36.9 Å². The number of methoxy groups -OCH3 is 1. The van der Waals surface area contributed by atoms with Crippen molar-refractivity contribution in [2.45, 2.75) is 26.3 Å². The predicted molar refractivity (Wildman–Crippen MR) is 106 cm³/mol. The zero-order valence-corrected chi connectivity index (χ0v) is 16.7. The van der Waals surface area contributed by atoms with Crippen molar-refractivity contribution >= 4 is 17.7 Å². The lowest BCUT2D eigenvalue weighted by atomic mass is 10.1. The van der Waals surface area contributed by atoms with E-state index in [4.69, 9.17) is 4.74 Å². The molecule has 3 amide bonds. The Kier molecular flexibility index (Phi) is 6.44. The Balaban J connectivity index is 1.89. The Bertz CT molecular complexity index is 942. The standard InChI is InChI=1S/C22H22F2N2O4/c1-3-10-25(13-19(23)24)20(27)17-11-14(8-9-18(17)30-2)12-26-21(28)15-6-4-5-7-16(15)22(26)29/h4-9,11,19H,3,10,12-13H2,1-2H3. The average Bonchev–Trinajstić information content (AvgIpc) is 2.97. The van der Waals surface area contributed by atoms with Crippen molar-refractivity contribution in [3.05, 3.63) is 64.7 Å². The Labute approximate surface area is 173 Å². The highest BCUT2D eigenvalue weighted by atomic mass is 19.3. The Hall–Kier alpha value is -3.29. The molecule has 2 aromatic carbocycles. The fraction of sp³-hybridized carbons (Fsp3) is 0.318. The van der Waals surface area contributed by atoms with Gasteiger partial charge in [-0.1, -0.05) is 25.1 Å². The maximum absolute atomic E-state index is 12.9. The molecule has 0 saturated heterocycles. The molecule has 8 heteroatoms. The van der Waals surface area contributed by atoms with E-state index in [1.165, 1.54) is 19.2 Å². The van der Waals surface area contributed by atoms with E-state index in [0.717, 1.165) is 9.80 Å². The van der Waals surface area contributed by atoms with Gasteiger partial charge >= 0.3 is 0 Å². The van der Waals surface area contributed by atoms with Gasteiger partial charge in [0.1, 0.15) is 5.75 Å². The van der Waals surface area contributed by atoms with E-state index in [2.05, 4.69) is 0 Å². The van der Waals surface area contributed by atoms with Gasteiger partial charge in [-0.2, -0.15) is 0 Å². The minimum Gasteiger partial charge on any atom is -0.496 e. The van der Waals surface area contributed by atoms with Crippen molar-refractivity contribution < 1.29 is 27.9 Å². The molecule has 0 saturated carbocycles. The van der Waals surface area contributed by atoms with Gasteiger partial charge in [0.25, 0.3) is 24.1 Å². The highest BCUT2D eigenvalue weighted by Crippen LogP contribution is 2.27. The summed E-state index contributed by atoms with van der Waals surface area (Å²) in [4.78, 5) is 40.3. The number of rotatable bonds is 8. The van der Waals surface area contributed by atoms with Crippen LogP contribution in [0.15, 0.2) is 42.5 Å². The fourth-order valence-electron chi connectivity index (χ4n) is 3.47. The summed E-state index contributed by atoms with van der Waals surface area (Å²) in [6.45, 7) is 1.24. The molecule has 158 valence electrons. The van der Waals surface area contributed by atoms with Gasteiger partial charge in [-0.25, -0.2) is 8.78 Å². The van der Waals surface area contributed by atoms with E-state index in [1.54, 1.807) is 37.3 Å². The molecule has 3 rings (SSSR count). The molecule has 1 heterocycles. The summed E-state index contributed by atoms with van der Waals surface area (Å²) < 4.78 is 31.1. The maximum Gasteiger partial charge on any atom is 0.261 e. The molecule has 0 atom stereocenters. The van der Waals surface area contributed by atoms with E-state index in [1.807, 2.05) is 0 Å². The van der Waals surface area contributed by atoms with Crippen LogP contribution in [0.1, 0.15) is 50.0 Å². The molecule has 0 bridgehead atoms. The summed E-state index contributed by atoms with van der Waals surface area (Å²) >= 11 is 0. The minimum atomic E-state index is -2.66. The molecule has 30 heavy (non-hydrogen) atoms. The fourth-order valence-corrected chi connectivity index (χ4v) is 3.47. The quantitative estimate of drug-likeness (QED) is 0.617. The number of hydrogen-bond acceptors (Lipinski definition) is 4. The number of nitrogens with zero attached hydrogens (tertiary/aromatic N) is 2. The molecule has 6 nitrogen and oxygen atoms in total. The van der Waals surface area contributed by atoms with Crippen LogP contribution in [0.3, 0.4) is 0 Å². The molecule has 0 aliphatic carbocycles. The molecular formula is C22H22F2N2O4. The normalized spacial score (nSPS) is 13.0. The molecule has 0 unspecified atom stereocenters. The summed E-state index contributed by atoms with van der Waals surface area (Å²) in [6.07, 6.45) is -2.14. The molecular weight excluding hydrogens is 394 g/mol. The number of ether oxygens (including phenoxy) is 1. The van der Waals surface area contributed by atoms with Gasteiger partial charge < -0.3 is 9.64 Å². The van der Waals surface area contributed by atoms with E-state index in [0.29, 0.717) is 23.1 Å². The smallest absolute Gasteiger partial charge is 0.261 e. The first-order valence-electron chi connectivity index (χ1n) is 9.56. The molecule has 0 aromatic heterocycles. The van der Waals surface area contributed by atoms with Crippen LogP contribution in [0.5, 0.6) is 5.75 Å². The third-order valence-electron chi connectivity index (χ3n) is 4.85. The number of carbonyl (C=O) groups is 3. The molecule has 0 fully saturated rings. The summed E-state index contributed by atoms with van der Waals surface area (Å²) in [7, 11) is 1.38. The number of hydrogen-bond donors (Lipinski definition) is 0. The molecule has 0 N–H and O–H groups in total. The Morgan fingerprint density at radius 2 is 1.73 bits per heavy atom. The van der Waals surface area contributed by atoms with Gasteiger partial charge in [0.2, 0.25) is 0 Å². The van der Waals surface area contributed by atoms with Crippen LogP contribution < -0.4 is 4.74 Å². The SMILES string of the molecule is CCCN(CC(F)F)C(=O)c1cc(CN2C(=O)c3ccccc3C2=O)ccc1OC. The topological polar surface area (TPSA) is 66.9 Å². The third-order valence-corrected chi connectivity index (χ3v) is 4.85. The largest absolute Gasteiger partial charge is 0.496 e. The summed E-state index contributed by atoms with van der Waals surface area (Å²) in [5.74, 6) is -1.17. The predicted octanol–water partition coefficient (Wildman–Crippen LogP) is 3.61. The van der Waals surface area contributed by atoms with Crippen molar-refractivity contribution in [1.29, 1.82) is 0 Å². The van der Waals surface area contributed by atoms with Crippen LogP contribution in [-0.2, 0) is 6.54 Å². The van der Waals surface area contributed by atoms with Crippen LogP contribution in [0.2, 0.25) is 0 Å². The number of amides is 3. The van der Waals surface area contributed by atoms with Crippen LogP contribution in [0.25, 0.3) is 0 Å². The molecule has 0 spiro atoms. The number of halogens is 2. The number of carbonyl (C=O) groups excluding carboxylic acids is 3. The van der Waals surface area contributed by atoms with Crippen molar-refractivity contribution in [3.8, 4) is 5.75 Å². The van der Waals surface area contributed by atoms with E-state index in [-0.39, 0.29) is 24.4 Å². The van der Waals surface area contributed by atoms with Gasteiger partial charge in [-0.3, -0.25) is 19.3 Å². The van der Waals surface area contributed by atoms with Gasteiger partial charge in [-0.05, 0) is 36.2 Å². The Morgan fingerprint density at radius 1 is 1.10 bits per heavy atom. The van der Waals surface area contributed by atoms with E-state index >= 15 is 0 Å². The zero-order valence-electron chi connectivity index (χ0n) is 16.7.